The molecule has 12 aromatic rings. The van der Waals surface area contributed by atoms with Crippen LogP contribution in [0.1, 0.15) is 93.2 Å². The van der Waals surface area contributed by atoms with Gasteiger partial charge in [0, 0.05) is 164 Å². The quantitative estimate of drug-likeness (QED) is 0.0201. The molecule has 710 valence electrons. The molecule has 5 N–H and O–H groups in total. The number of amides is 13. The van der Waals surface area contributed by atoms with Crippen molar-refractivity contribution in [1.29, 1.82) is 0 Å². The van der Waals surface area contributed by atoms with Crippen molar-refractivity contribution >= 4 is 217 Å². The number of likely N-dealkylation sites (N-methyl/N-ethyl adjacent to an activating group) is 5. The molecule has 138 heavy (non-hydrogen) atoms. The molecule has 0 spiro atoms. The third-order valence-corrected chi connectivity index (χ3v) is 28.4. The maximum Gasteiger partial charge on any atom is 1.00 e. The van der Waals surface area contributed by atoms with Crippen molar-refractivity contribution in [3.63, 3.8) is 0 Å². The number of esters is 1. The van der Waals surface area contributed by atoms with E-state index in [0.717, 1.165) is 50.0 Å². The largest absolute Gasteiger partial charge is 1.00 e. The molecule has 13 amide bonds. The Morgan fingerprint density at radius 2 is 0.688 bits per heavy atom. The van der Waals surface area contributed by atoms with Gasteiger partial charge in [-0.2, -0.15) is 0 Å². The Bertz CT molecular complexity index is 6610. The SMILES string of the molecule is CCOC(=O)CN1Cc2cc(/C=C/C(=O)N(C)Cc3sc4ccccc4c3C)cnc2NC1=O.Cc1c(CN(C)C(=O)/C=C/c2cnc3c(c2)CN(CC(=O)N2CCN(C)CC2)C(=O)N3)sc2ccccc12.Cc1c(CN(C)C(=O)/C=C/c2cnc3c(c2)CN(CC(=O)O)C(=O)N3)sc2ccccc12.Cc1c(CN(C)C(=O)/C=C/c2cnc3c(c2)CN(CC(=O)[O-])C(=O)N3)sc2ccccc12.Cl.[Na+]. The number of piperazine rings is 1. The van der Waals surface area contributed by atoms with Gasteiger partial charge in [0.2, 0.25) is 29.5 Å². The Morgan fingerprint density at radius 1 is 0.420 bits per heavy atom. The van der Waals surface area contributed by atoms with Crippen molar-refractivity contribution in [1.82, 2.24) is 68.9 Å². The number of ether oxygens (including phenoxy) is 1. The molecule has 33 nitrogen and oxygen atoms in total. The minimum Gasteiger partial charge on any atom is -0.548 e. The average molecular weight is 1970 g/mol. The minimum absolute atomic E-state index is 0. The number of carboxylic acid groups (broad SMARTS) is 2. The number of nitrogens with zero attached hydrogens (tertiary/aromatic N) is 14. The van der Waals surface area contributed by atoms with Gasteiger partial charge < -0.3 is 68.7 Å². The van der Waals surface area contributed by atoms with Gasteiger partial charge in [0.1, 0.15) is 42.9 Å². The number of halogens is 1. The first-order valence-corrected chi connectivity index (χ1v) is 46.9. The summed E-state index contributed by atoms with van der Waals surface area (Å²) in [6.07, 6.45) is 19.1. The number of benzene rings is 4. The van der Waals surface area contributed by atoms with Crippen LogP contribution in [-0.4, -0.2) is 240 Å². The Labute approximate surface area is 840 Å². The van der Waals surface area contributed by atoms with Crippen LogP contribution in [0.25, 0.3) is 64.6 Å². The molecule has 1 fully saturated rings. The van der Waals surface area contributed by atoms with Crippen LogP contribution in [0.5, 0.6) is 0 Å². The van der Waals surface area contributed by atoms with E-state index in [1.54, 1.807) is 167 Å². The Balaban J connectivity index is 0.000000165. The summed E-state index contributed by atoms with van der Waals surface area (Å²) in [6.45, 7) is 15.2. The molecule has 1 saturated heterocycles. The van der Waals surface area contributed by atoms with Crippen LogP contribution >= 0.6 is 57.8 Å². The predicted molar refractivity (Wildman–Crippen MR) is 534 cm³/mol. The molecule has 5 aliphatic rings. The van der Waals surface area contributed by atoms with Gasteiger partial charge in [-0.25, -0.2) is 39.1 Å². The van der Waals surface area contributed by atoms with Gasteiger partial charge >= 0.3 is 65.6 Å². The maximum absolute atomic E-state index is 12.8. The molecule has 0 bridgehead atoms. The third kappa shape index (κ3) is 26.0. The monoisotopic (exact) mass is 1970 g/mol. The summed E-state index contributed by atoms with van der Waals surface area (Å²) in [4.78, 5) is 183. The van der Waals surface area contributed by atoms with Crippen molar-refractivity contribution in [2.45, 2.75) is 87.0 Å². The summed E-state index contributed by atoms with van der Waals surface area (Å²) in [5.74, 6) is -1.74. The second-order valence-corrected chi connectivity index (χ2v) is 37.7. The summed E-state index contributed by atoms with van der Waals surface area (Å²) in [5.41, 5.74) is 10.6. The summed E-state index contributed by atoms with van der Waals surface area (Å²) >= 11 is 6.81. The Kier molecular flexibility index (Phi) is 35.1. The van der Waals surface area contributed by atoms with E-state index in [9.17, 15) is 62.6 Å². The van der Waals surface area contributed by atoms with E-state index < -0.39 is 49.1 Å². The van der Waals surface area contributed by atoms with Gasteiger partial charge in [-0.05, 0) is 181 Å². The van der Waals surface area contributed by atoms with E-state index >= 15 is 0 Å². The summed E-state index contributed by atoms with van der Waals surface area (Å²) in [5, 5.41) is 35.3. The zero-order chi connectivity index (χ0) is 96.7. The first-order valence-electron chi connectivity index (χ1n) is 43.6. The van der Waals surface area contributed by atoms with Crippen molar-refractivity contribution in [3.8, 4) is 0 Å². The second-order valence-electron chi connectivity index (χ2n) is 33.2. The molecule has 0 unspecified atom stereocenters. The van der Waals surface area contributed by atoms with Gasteiger partial charge in [0.15, 0.2) is 0 Å². The number of fused-ring (bicyclic) bond motifs is 8. The van der Waals surface area contributed by atoms with E-state index in [0.29, 0.717) is 84.8 Å². The van der Waals surface area contributed by atoms with E-state index in [1.807, 2.05) is 72.6 Å². The number of aliphatic carboxylic acids is 2. The molecular formula is C99H102ClN18NaO15S4. The zero-order valence-electron chi connectivity index (χ0n) is 78.0. The van der Waals surface area contributed by atoms with Crippen molar-refractivity contribution in [2.24, 2.45) is 0 Å². The zero-order valence-corrected chi connectivity index (χ0v) is 84.0. The number of anilines is 4. The maximum atomic E-state index is 12.8. The van der Waals surface area contributed by atoms with Gasteiger partial charge in [-0.3, -0.25) is 54.8 Å². The van der Waals surface area contributed by atoms with Crippen LogP contribution in [0.15, 0.2) is 170 Å². The van der Waals surface area contributed by atoms with Crippen LogP contribution in [0.4, 0.5) is 42.4 Å². The minimum atomic E-state index is -1.34. The average Bonchev–Trinajstić information content (AvgIpc) is 1.42. The number of aryl methyl sites for hydroxylation is 4. The molecular weight excluding hydrogens is 1870 g/mol. The van der Waals surface area contributed by atoms with Crippen LogP contribution in [0.3, 0.4) is 0 Å². The van der Waals surface area contributed by atoms with E-state index in [1.165, 1.54) is 105 Å². The summed E-state index contributed by atoms with van der Waals surface area (Å²) in [6, 6.07) is 38.5. The third-order valence-electron chi connectivity index (χ3n) is 23.4. The number of hydrogen-bond donors (Lipinski definition) is 5. The molecule has 0 atom stereocenters. The summed E-state index contributed by atoms with van der Waals surface area (Å²) < 4.78 is 9.79. The van der Waals surface area contributed by atoms with Crippen LogP contribution in [0, 0.1) is 27.7 Å². The molecule has 0 aliphatic carbocycles. The van der Waals surface area contributed by atoms with Crippen molar-refractivity contribution < 1.29 is 102 Å². The molecule has 5 aliphatic heterocycles. The number of carbonyl (C=O) groups excluding carboxylic acids is 11. The van der Waals surface area contributed by atoms with E-state index in [-0.39, 0.29) is 123 Å². The normalized spacial score (nSPS) is 13.9. The second kappa shape index (κ2) is 46.9. The fraction of sp³-hybridized carbons (Fsp3) is 0.273. The van der Waals surface area contributed by atoms with Crippen LogP contribution in [0.2, 0.25) is 0 Å². The number of thiophene rings is 4. The smallest absolute Gasteiger partial charge is 0.548 e. The van der Waals surface area contributed by atoms with E-state index in [4.69, 9.17) is 9.84 Å². The number of hydrogen-bond acceptors (Lipinski definition) is 23. The number of nitrogens with one attached hydrogen (secondary N) is 4. The molecule has 13 heterocycles. The fourth-order valence-corrected chi connectivity index (χ4v) is 20.7. The standard InChI is InChI=1S/C28H32N6O3S.C25H26N4O4S.2C23H22N4O4S.ClH.Na/c1-19-22-6-4-5-7-23(22)38-24(19)17-32(3)25(35)9-8-20-14-21-16-34(28(37)30-27(21)29-15-20)18-26(36)33-12-10-31(2)11-13-33;1-4-33-23(31)15-29-13-18-11-17(12-26-24(18)27-25(29)32)9-10-22(30)28(3)14-21-16(2)19-7-5-6-8-20(19)34-21;2*1-14-17-5-3-4-6-18(17)32-19(14)12-26(2)20(28)8-7-15-9-16-11-27(13-21(29)30)23(31)25-22(16)24-10-15;;/h4-9,14-15H,10-13,16-18H2,1-3H3,(H,29,30,37);5-12H,4,13-15H2,1-3H3,(H,26,27,32);2*3-10H,11-13H2,1-2H3,(H,29,30)(H,24,25,31);1H;/q;;;;;+1/p-1/b9-8+;10-9+;2*8-7+;;. The van der Waals surface area contributed by atoms with Gasteiger partial charge in [0.25, 0.3) is 0 Å². The number of pyridine rings is 4. The molecule has 4 aromatic carbocycles. The van der Waals surface area contributed by atoms with Crippen molar-refractivity contribution in [3.05, 3.63) is 257 Å². The molecule has 0 radical (unpaired) electrons. The van der Waals surface area contributed by atoms with Crippen LogP contribution in [-0.2, 0) is 95.5 Å². The number of urea groups is 4. The number of rotatable bonds is 25. The Morgan fingerprint density at radius 3 is 0.957 bits per heavy atom. The number of aromatic nitrogens is 4. The first kappa shape index (κ1) is 103. The Hall–Kier alpha value is -13.6. The summed E-state index contributed by atoms with van der Waals surface area (Å²) in [7, 11) is 9.14. The number of carbonyl (C=O) groups is 12. The molecule has 0 saturated carbocycles. The van der Waals surface area contributed by atoms with Gasteiger partial charge in [0.05, 0.1) is 71.5 Å². The van der Waals surface area contributed by atoms with Crippen molar-refractivity contribution in [2.75, 3.05) is 115 Å². The van der Waals surface area contributed by atoms with Gasteiger partial charge in [-0.15, -0.1) is 57.8 Å². The van der Waals surface area contributed by atoms with Crippen LogP contribution < -0.4 is 55.9 Å². The fourth-order valence-electron chi connectivity index (χ4n) is 15.6. The number of carboxylic acids is 2. The first-order chi connectivity index (χ1) is 65.3. The van der Waals surface area contributed by atoms with E-state index in [2.05, 4.69) is 122 Å². The van der Waals surface area contributed by atoms with Gasteiger partial charge in [-0.1, -0.05) is 72.8 Å². The molecule has 8 aromatic heterocycles. The topological polar surface area (TPSA) is 389 Å². The molecule has 17 rings (SSSR count). The molecule has 39 heteroatoms. The predicted octanol–water partition coefficient (Wildman–Crippen LogP) is 11.1.